The van der Waals surface area contributed by atoms with Gasteiger partial charge in [-0.25, -0.2) is 0 Å². The number of nitrogens with zero attached hydrogens (tertiary/aromatic N) is 1. The highest BCUT2D eigenvalue weighted by atomic mass is 35.5. The highest BCUT2D eigenvalue weighted by Gasteiger charge is 2.08. The van der Waals surface area contributed by atoms with Crippen molar-refractivity contribution in [2.24, 2.45) is 5.16 Å². The predicted octanol–water partition coefficient (Wildman–Crippen LogP) is 2.17. The Morgan fingerprint density at radius 1 is 1.29 bits per heavy atom. The van der Waals surface area contributed by atoms with Crippen molar-refractivity contribution in [2.45, 2.75) is 0 Å². The van der Waals surface area contributed by atoms with Crippen LogP contribution in [0.3, 0.4) is 0 Å². The van der Waals surface area contributed by atoms with Gasteiger partial charge in [-0.1, -0.05) is 16.8 Å². The zero-order valence-electron chi connectivity index (χ0n) is 7.82. The van der Waals surface area contributed by atoms with Gasteiger partial charge in [-0.05, 0) is 6.07 Å². The highest BCUT2D eigenvalue weighted by molar-refractivity contribution is 6.33. The average Bonchev–Trinajstić information content (AvgIpc) is 2.20. The van der Waals surface area contributed by atoms with E-state index in [2.05, 4.69) is 5.16 Å². The molecule has 0 radical (unpaired) electrons. The van der Waals surface area contributed by atoms with Crippen LogP contribution in [-0.4, -0.2) is 25.6 Å². The zero-order valence-corrected chi connectivity index (χ0v) is 8.58. The molecule has 1 rings (SSSR count). The van der Waals surface area contributed by atoms with Crippen LogP contribution in [0.15, 0.2) is 17.3 Å². The molecular weight excluding hydrogens is 206 g/mol. The van der Waals surface area contributed by atoms with E-state index >= 15 is 0 Å². The topological polar surface area (TPSA) is 51.0 Å². The van der Waals surface area contributed by atoms with Crippen molar-refractivity contribution < 1.29 is 14.7 Å². The lowest BCUT2D eigenvalue weighted by Crippen LogP contribution is -1.93. The molecule has 0 aliphatic rings. The Hall–Kier alpha value is -1.42. The molecule has 1 N–H and O–H groups in total. The predicted molar refractivity (Wildman–Crippen MR) is 53.9 cm³/mol. The van der Waals surface area contributed by atoms with Gasteiger partial charge in [0.2, 0.25) is 0 Å². The van der Waals surface area contributed by atoms with E-state index in [9.17, 15) is 0 Å². The molecule has 1 aromatic carbocycles. The lowest BCUT2D eigenvalue weighted by Gasteiger charge is -2.08. The second-order valence-corrected chi connectivity index (χ2v) is 2.88. The van der Waals surface area contributed by atoms with E-state index in [4.69, 9.17) is 26.3 Å². The molecule has 0 saturated heterocycles. The normalized spacial score (nSPS) is 10.5. The molecule has 0 atom stereocenters. The summed E-state index contributed by atoms with van der Waals surface area (Å²) in [5.74, 6) is 1.07. The first-order valence-electron chi connectivity index (χ1n) is 3.82. The summed E-state index contributed by atoms with van der Waals surface area (Å²) in [6.07, 6.45) is 1.23. The van der Waals surface area contributed by atoms with Crippen LogP contribution in [0.2, 0.25) is 5.02 Å². The van der Waals surface area contributed by atoms with Crippen molar-refractivity contribution in [2.75, 3.05) is 14.2 Å². The van der Waals surface area contributed by atoms with E-state index < -0.39 is 0 Å². The van der Waals surface area contributed by atoms with Crippen LogP contribution >= 0.6 is 11.6 Å². The van der Waals surface area contributed by atoms with Crippen LogP contribution in [0.4, 0.5) is 0 Å². The SMILES string of the molecule is COc1cc(Cl)c(/C=N/O)cc1OC. The number of rotatable bonds is 3. The van der Waals surface area contributed by atoms with Crippen molar-refractivity contribution in [3.05, 3.63) is 22.7 Å². The Labute approximate surface area is 86.7 Å². The molecule has 76 valence electrons. The fraction of sp³-hybridized carbons (Fsp3) is 0.222. The molecule has 0 amide bonds. The maximum atomic E-state index is 8.37. The van der Waals surface area contributed by atoms with Gasteiger partial charge in [-0.15, -0.1) is 0 Å². The number of hydrogen-bond donors (Lipinski definition) is 1. The lowest BCUT2D eigenvalue weighted by molar-refractivity contribution is 0.321. The standard InChI is InChI=1S/C9H10ClNO3/c1-13-8-3-6(5-11-12)7(10)4-9(8)14-2/h3-5,12H,1-2H3/b11-5+. The molecule has 0 saturated carbocycles. The molecule has 0 aliphatic heterocycles. The van der Waals surface area contributed by atoms with Crippen LogP contribution in [0.25, 0.3) is 0 Å². The van der Waals surface area contributed by atoms with Crippen molar-refractivity contribution in [3.8, 4) is 11.5 Å². The van der Waals surface area contributed by atoms with Gasteiger partial charge >= 0.3 is 0 Å². The van der Waals surface area contributed by atoms with Gasteiger partial charge in [0.15, 0.2) is 11.5 Å². The van der Waals surface area contributed by atoms with Crippen molar-refractivity contribution in [1.82, 2.24) is 0 Å². The van der Waals surface area contributed by atoms with E-state index in [0.29, 0.717) is 22.1 Å². The molecule has 14 heavy (non-hydrogen) atoms. The summed E-state index contributed by atoms with van der Waals surface area (Å²) >= 11 is 5.88. The quantitative estimate of drug-likeness (QED) is 0.478. The van der Waals surface area contributed by atoms with Crippen molar-refractivity contribution in [3.63, 3.8) is 0 Å². The Morgan fingerprint density at radius 3 is 2.36 bits per heavy atom. The Kier molecular flexibility index (Phi) is 3.59. The number of halogens is 1. The van der Waals surface area contributed by atoms with Crippen molar-refractivity contribution in [1.29, 1.82) is 0 Å². The number of methoxy groups -OCH3 is 2. The molecule has 0 spiro atoms. The fourth-order valence-electron chi connectivity index (χ4n) is 1.03. The van der Waals surface area contributed by atoms with E-state index in [-0.39, 0.29) is 0 Å². The first-order valence-corrected chi connectivity index (χ1v) is 4.19. The minimum absolute atomic E-state index is 0.431. The van der Waals surface area contributed by atoms with Gasteiger partial charge in [0.05, 0.1) is 25.5 Å². The van der Waals surface area contributed by atoms with E-state index in [1.165, 1.54) is 20.4 Å². The molecule has 0 heterocycles. The Bertz CT molecular complexity index is 352. The average molecular weight is 216 g/mol. The second kappa shape index (κ2) is 4.72. The molecule has 4 nitrogen and oxygen atoms in total. The van der Waals surface area contributed by atoms with Crippen molar-refractivity contribution >= 4 is 17.8 Å². The Balaban J connectivity index is 3.23. The molecule has 0 fully saturated rings. The third-order valence-corrected chi connectivity index (χ3v) is 2.03. The van der Waals surface area contributed by atoms with Crippen LogP contribution in [0, 0.1) is 0 Å². The molecule has 0 aromatic heterocycles. The first kappa shape index (κ1) is 10.7. The van der Waals surface area contributed by atoms with E-state index in [1.807, 2.05) is 0 Å². The lowest BCUT2D eigenvalue weighted by atomic mass is 10.2. The monoisotopic (exact) mass is 215 g/mol. The highest BCUT2D eigenvalue weighted by Crippen LogP contribution is 2.32. The summed E-state index contributed by atoms with van der Waals surface area (Å²) in [7, 11) is 3.04. The van der Waals surface area contributed by atoms with Crippen LogP contribution < -0.4 is 9.47 Å². The molecule has 0 aliphatic carbocycles. The summed E-state index contributed by atoms with van der Waals surface area (Å²) in [6.45, 7) is 0. The third kappa shape index (κ3) is 2.09. The molecule has 0 unspecified atom stereocenters. The largest absolute Gasteiger partial charge is 0.493 e. The van der Waals surface area contributed by atoms with Crippen LogP contribution in [0.5, 0.6) is 11.5 Å². The fourth-order valence-corrected chi connectivity index (χ4v) is 1.23. The second-order valence-electron chi connectivity index (χ2n) is 2.47. The number of benzene rings is 1. The molecule has 0 bridgehead atoms. The molecular formula is C9H10ClNO3. The number of oxime groups is 1. The van der Waals surface area contributed by atoms with E-state index in [0.717, 1.165) is 0 Å². The van der Waals surface area contributed by atoms with Gasteiger partial charge in [0.25, 0.3) is 0 Å². The summed E-state index contributed by atoms with van der Waals surface area (Å²) in [5, 5.41) is 11.7. The minimum atomic E-state index is 0.431. The number of ether oxygens (including phenoxy) is 2. The Morgan fingerprint density at radius 2 is 1.86 bits per heavy atom. The maximum absolute atomic E-state index is 8.37. The van der Waals surface area contributed by atoms with Gasteiger partial charge in [0, 0.05) is 11.6 Å². The first-order chi connectivity index (χ1) is 6.72. The van der Waals surface area contributed by atoms with Crippen LogP contribution in [0.1, 0.15) is 5.56 Å². The minimum Gasteiger partial charge on any atom is -0.493 e. The maximum Gasteiger partial charge on any atom is 0.162 e. The van der Waals surface area contributed by atoms with Gasteiger partial charge < -0.3 is 14.7 Å². The smallest absolute Gasteiger partial charge is 0.162 e. The summed E-state index contributed by atoms with van der Waals surface area (Å²) in [5.41, 5.74) is 0.562. The van der Waals surface area contributed by atoms with E-state index in [1.54, 1.807) is 12.1 Å². The molecule has 1 aromatic rings. The molecule has 5 heteroatoms. The van der Waals surface area contributed by atoms with Gasteiger partial charge in [-0.2, -0.15) is 0 Å². The van der Waals surface area contributed by atoms with Crippen LogP contribution in [-0.2, 0) is 0 Å². The van der Waals surface area contributed by atoms with Gasteiger partial charge in [-0.3, -0.25) is 0 Å². The summed E-state index contributed by atoms with van der Waals surface area (Å²) in [4.78, 5) is 0. The zero-order chi connectivity index (χ0) is 10.6. The van der Waals surface area contributed by atoms with Gasteiger partial charge in [0.1, 0.15) is 0 Å². The third-order valence-electron chi connectivity index (χ3n) is 1.70. The summed E-state index contributed by atoms with van der Waals surface area (Å²) < 4.78 is 10.1. The number of hydrogen-bond acceptors (Lipinski definition) is 4. The summed E-state index contributed by atoms with van der Waals surface area (Å²) in [6, 6.07) is 3.22.